The van der Waals surface area contributed by atoms with E-state index in [1.165, 1.54) is 11.5 Å². The van der Waals surface area contributed by atoms with Crippen LogP contribution in [-0.4, -0.2) is 9.79 Å². The third kappa shape index (κ3) is 3.74. The quantitative estimate of drug-likeness (QED) is 0.392. The van der Waals surface area contributed by atoms with Crippen molar-refractivity contribution in [3.8, 4) is 22.9 Å². The molecule has 0 saturated heterocycles. The lowest BCUT2D eigenvalue weighted by Gasteiger charge is -2.09. The number of hydrogen-bond acceptors (Lipinski definition) is 2. The van der Waals surface area contributed by atoms with Crippen LogP contribution in [-0.2, 0) is 4.57 Å². The van der Waals surface area contributed by atoms with Crippen molar-refractivity contribution in [3.63, 3.8) is 0 Å². The summed E-state index contributed by atoms with van der Waals surface area (Å²) in [5, 5.41) is 11.3. The zero-order valence-electron chi connectivity index (χ0n) is 16.3. The van der Waals surface area contributed by atoms with Crippen molar-refractivity contribution >= 4 is 18.4 Å². The summed E-state index contributed by atoms with van der Waals surface area (Å²) in [4.78, 5) is 18.7. The Morgan fingerprint density at radius 1 is 0.867 bits per heavy atom. The summed E-state index contributed by atoms with van der Waals surface area (Å²) < 4.78 is 15.0. The molecule has 1 atom stereocenters. The van der Waals surface area contributed by atoms with E-state index in [-0.39, 0.29) is 0 Å². The Hall–Kier alpha value is -3.36. The first-order chi connectivity index (χ1) is 14.4. The lowest BCUT2D eigenvalue weighted by molar-refractivity contribution is -0.701. The number of pyridine rings is 2. The predicted octanol–water partition coefficient (Wildman–Crippen LogP) is 3.64. The van der Waals surface area contributed by atoms with Crippen LogP contribution in [0.3, 0.4) is 0 Å². The minimum Gasteiger partial charge on any atom is -0.320 e. The van der Waals surface area contributed by atoms with Gasteiger partial charge in [-0.1, -0.05) is 18.2 Å². The number of nitriles is 1. The van der Waals surface area contributed by atoms with Crippen LogP contribution in [0.25, 0.3) is 27.6 Å². The van der Waals surface area contributed by atoms with Crippen molar-refractivity contribution in [2.75, 3.05) is 0 Å². The van der Waals surface area contributed by atoms with Crippen LogP contribution >= 0.6 is 7.60 Å². The van der Waals surface area contributed by atoms with E-state index in [2.05, 4.69) is 6.07 Å². The minimum absolute atomic E-state index is 0.647. The second-order valence-electron chi connectivity index (χ2n) is 7.04. The van der Waals surface area contributed by atoms with Gasteiger partial charge in [0.1, 0.15) is 0 Å². The van der Waals surface area contributed by atoms with Crippen LogP contribution in [0.4, 0.5) is 0 Å². The lowest BCUT2D eigenvalue weighted by Crippen LogP contribution is -2.36. The minimum atomic E-state index is -4.19. The van der Waals surface area contributed by atoms with Gasteiger partial charge < -0.3 is 9.79 Å². The van der Waals surface area contributed by atoms with Crippen molar-refractivity contribution in [1.82, 2.24) is 0 Å². The van der Waals surface area contributed by atoms with Gasteiger partial charge >= 0.3 is 7.60 Å². The Morgan fingerprint density at radius 2 is 1.43 bits per heavy atom. The van der Waals surface area contributed by atoms with Crippen LogP contribution in [0.15, 0.2) is 85.5 Å². The predicted molar refractivity (Wildman–Crippen MR) is 113 cm³/mol. The molecule has 30 heavy (non-hydrogen) atoms. The highest BCUT2D eigenvalue weighted by Gasteiger charge is 2.32. The molecule has 6 nitrogen and oxygen atoms in total. The zero-order chi connectivity index (χ0) is 21.3. The van der Waals surface area contributed by atoms with Crippen molar-refractivity contribution in [1.29, 1.82) is 5.26 Å². The van der Waals surface area contributed by atoms with Gasteiger partial charge in [-0.3, -0.25) is 4.57 Å². The highest BCUT2D eigenvalue weighted by Crippen LogP contribution is 2.45. The summed E-state index contributed by atoms with van der Waals surface area (Å²) >= 11 is 0. The fraction of sp³-hybridized carbons (Fsp3) is 0.0870. The number of rotatable bonds is 4. The van der Waals surface area contributed by atoms with Gasteiger partial charge in [0.15, 0.2) is 24.8 Å². The summed E-state index contributed by atoms with van der Waals surface area (Å²) in [7, 11) is -4.19. The van der Waals surface area contributed by atoms with Crippen molar-refractivity contribution in [2.24, 2.45) is 0 Å². The lowest BCUT2D eigenvalue weighted by atomic mass is 10.0. The molecule has 0 aliphatic heterocycles. The average molecular weight is 417 g/mol. The molecule has 0 fully saturated rings. The average Bonchev–Trinajstić information content (AvgIpc) is 2.77. The summed E-state index contributed by atoms with van der Waals surface area (Å²) in [6, 6.07) is 21.5. The van der Waals surface area contributed by atoms with Crippen LogP contribution in [0.1, 0.15) is 18.3 Å². The molecule has 148 valence electrons. The van der Waals surface area contributed by atoms with Gasteiger partial charge in [0, 0.05) is 42.6 Å². The fourth-order valence-electron chi connectivity index (χ4n) is 3.44. The topological polar surface area (TPSA) is 89.1 Å². The standard InChI is InChI=1S/C23H18N3O3P/c1-17(30(27,28)29)25-12-8-18(9-13-25)19-10-14-26(15-11-19)23-7-6-20(16-24)21-4-2-3-5-22(21)23/h2-15,17H,1H3/p+2. The number of hydrogen-bond donors (Lipinski definition) is 2. The molecule has 2 aromatic heterocycles. The van der Waals surface area contributed by atoms with Gasteiger partial charge in [-0.15, -0.1) is 0 Å². The number of aromatic nitrogens is 2. The van der Waals surface area contributed by atoms with E-state index in [0.717, 1.165) is 27.6 Å². The van der Waals surface area contributed by atoms with Crippen molar-refractivity contribution < 1.29 is 23.5 Å². The smallest absolute Gasteiger partial charge is 0.320 e. The Labute approximate surface area is 174 Å². The van der Waals surface area contributed by atoms with E-state index in [1.54, 1.807) is 12.4 Å². The molecule has 0 radical (unpaired) electrons. The highest BCUT2D eigenvalue weighted by atomic mass is 31.2. The molecule has 2 aromatic carbocycles. The van der Waals surface area contributed by atoms with Crippen LogP contribution in [0.2, 0.25) is 0 Å². The van der Waals surface area contributed by atoms with Crippen LogP contribution in [0, 0.1) is 11.3 Å². The molecule has 4 aromatic rings. The van der Waals surface area contributed by atoms with E-state index in [9.17, 15) is 19.6 Å². The number of nitrogens with zero attached hydrogens (tertiary/aromatic N) is 3. The third-order valence-electron chi connectivity index (χ3n) is 5.23. The van der Waals surface area contributed by atoms with Gasteiger partial charge in [0.2, 0.25) is 5.69 Å². The van der Waals surface area contributed by atoms with Gasteiger partial charge in [-0.25, -0.2) is 0 Å². The molecule has 0 aliphatic rings. The van der Waals surface area contributed by atoms with Crippen LogP contribution in [0.5, 0.6) is 0 Å². The molecule has 0 aliphatic carbocycles. The van der Waals surface area contributed by atoms with Gasteiger partial charge in [0.05, 0.1) is 17.0 Å². The highest BCUT2D eigenvalue weighted by molar-refractivity contribution is 7.51. The van der Waals surface area contributed by atoms with E-state index < -0.39 is 13.4 Å². The Balaban J connectivity index is 1.67. The monoisotopic (exact) mass is 417 g/mol. The van der Waals surface area contributed by atoms with E-state index >= 15 is 0 Å². The fourth-order valence-corrected chi connectivity index (χ4v) is 3.94. The molecule has 2 N–H and O–H groups in total. The summed E-state index contributed by atoms with van der Waals surface area (Å²) in [6.07, 6.45) is 7.27. The van der Waals surface area contributed by atoms with E-state index in [0.29, 0.717) is 5.56 Å². The first kappa shape index (κ1) is 19.9. The second kappa shape index (κ2) is 7.81. The van der Waals surface area contributed by atoms with Crippen LogP contribution < -0.4 is 9.13 Å². The molecule has 2 heterocycles. The molecular weight excluding hydrogens is 397 g/mol. The maximum absolute atomic E-state index is 11.4. The second-order valence-corrected chi connectivity index (χ2v) is 8.96. The number of fused-ring (bicyclic) bond motifs is 1. The first-order valence-corrected chi connectivity index (χ1v) is 11.1. The van der Waals surface area contributed by atoms with Gasteiger partial charge in [-0.2, -0.15) is 14.4 Å². The zero-order valence-corrected chi connectivity index (χ0v) is 17.1. The SMILES string of the molecule is CC([n+]1ccc(-c2cc[n+](-c3ccc(C#N)c4ccccc34)cc2)cc1)P(=O)(O)O. The maximum Gasteiger partial charge on any atom is 0.392 e. The van der Waals surface area contributed by atoms with Gasteiger partial charge in [0.25, 0.3) is 5.78 Å². The Bertz CT molecular complexity index is 1310. The summed E-state index contributed by atoms with van der Waals surface area (Å²) in [6.45, 7) is 1.49. The molecule has 4 rings (SSSR count). The first-order valence-electron chi connectivity index (χ1n) is 9.38. The summed E-state index contributed by atoms with van der Waals surface area (Å²) in [5.41, 5.74) is 3.56. The molecule has 1 unspecified atom stereocenters. The van der Waals surface area contributed by atoms with Crippen molar-refractivity contribution in [3.05, 3.63) is 91.0 Å². The Morgan fingerprint density at radius 3 is 2.00 bits per heavy atom. The van der Waals surface area contributed by atoms with E-state index in [4.69, 9.17) is 0 Å². The van der Waals surface area contributed by atoms with E-state index in [1.807, 2.05) is 77.6 Å². The maximum atomic E-state index is 11.4. The molecule has 7 heteroatoms. The third-order valence-corrected chi connectivity index (χ3v) is 6.47. The molecule has 0 saturated carbocycles. The molecular formula is C23H20N3O3P+2. The Kier molecular flexibility index (Phi) is 5.19. The molecule has 0 spiro atoms. The van der Waals surface area contributed by atoms with Gasteiger partial charge in [-0.05, 0) is 23.3 Å². The summed E-state index contributed by atoms with van der Waals surface area (Å²) in [5.74, 6) is -0.908. The normalized spacial score (nSPS) is 12.5. The van der Waals surface area contributed by atoms with Crippen molar-refractivity contribution in [2.45, 2.75) is 12.7 Å². The molecule has 0 amide bonds. The number of benzene rings is 2. The largest absolute Gasteiger partial charge is 0.392 e. The molecule has 0 bridgehead atoms.